The smallest absolute Gasteiger partial charge is 0.265 e. The lowest BCUT2D eigenvalue weighted by Gasteiger charge is -2.07. The molecule has 0 radical (unpaired) electrons. The standard InChI is InChI=1S/C19H12FNO2S/c20-11-5-9-16(22)14-7-2-3-8-15(14)21-19(23)18-12-13-6-1-4-10-17(13)24-18/h1-4,6-8,10,12H,11H2,(H,21,23). The number of carbonyl (C=O) groups is 2. The van der Waals surface area contributed by atoms with Gasteiger partial charge < -0.3 is 5.32 Å². The normalized spacial score (nSPS) is 10.0. The number of benzene rings is 2. The number of ketones is 1. The molecule has 24 heavy (non-hydrogen) atoms. The molecule has 0 bridgehead atoms. The van der Waals surface area contributed by atoms with E-state index in [1.165, 1.54) is 11.3 Å². The number of halogens is 1. The van der Waals surface area contributed by atoms with Crippen LogP contribution in [0, 0.1) is 11.8 Å². The average molecular weight is 337 g/mol. The van der Waals surface area contributed by atoms with E-state index in [-0.39, 0.29) is 11.5 Å². The molecule has 3 rings (SSSR count). The molecule has 3 aromatic rings. The lowest BCUT2D eigenvalue weighted by atomic mass is 10.1. The Bertz CT molecular complexity index is 948. The van der Waals surface area contributed by atoms with Gasteiger partial charge in [0.25, 0.3) is 5.91 Å². The van der Waals surface area contributed by atoms with Crippen molar-refractivity contribution in [2.75, 3.05) is 12.0 Å². The number of fused-ring (bicyclic) bond motifs is 1. The highest BCUT2D eigenvalue weighted by Gasteiger charge is 2.14. The van der Waals surface area contributed by atoms with Crippen LogP contribution in [-0.4, -0.2) is 18.4 Å². The van der Waals surface area contributed by atoms with Gasteiger partial charge in [0.05, 0.1) is 16.1 Å². The first kappa shape index (κ1) is 15.9. The number of hydrogen-bond donors (Lipinski definition) is 1. The Kier molecular flexibility index (Phi) is 4.69. The number of hydrogen-bond acceptors (Lipinski definition) is 3. The molecule has 3 nitrogen and oxygen atoms in total. The van der Waals surface area contributed by atoms with Gasteiger partial charge in [0.1, 0.15) is 0 Å². The predicted molar refractivity (Wildman–Crippen MR) is 94.3 cm³/mol. The number of alkyl halides is 1. The van der Waals surface area contributed by atoms with Gasteiger partial charge in [-0.25, -0.2) is 4.39 Å². The van der Waals surface area contributed by atoms with Gasteiger partial charge in [0, 0.05) is 4.70 Å². The summed E-state index contributed by atoms with van der Waals surface area (Å²) in [6.07, 6.45) is 0. The molecule has 0 spiro atoms. The summed E-state index contributed by atoms with van der Waals surface area (Å²) >= 11 is 1.38. The Labute approximate surface area is 142 Å². The number of rotatable bonds is 3. The lowest BCUT2D eigenvalue weighted by molar-refractivity contribution is 0.103. The zero-order valence-corrected chi connectivity index (χ0v) is 13.3. The summed E-state index contributed by atoms with van der Waals surface area (Å²) in [5.74, 6) is 3.49. The van der Waals surface area contributed by atoms with E-state index in [1.807, 2.05) is 30.3 Å². The van der Waals surface area contributed by atoms with Crippen molar-refractivity contribution in [3.8, 4) is 11.8 Å². The molecule has 0 atom stereocenters. The van der Waals surface area contributed by atoms with E-state index in [9.17, 15) is 14.0 Å². The third kappa shape index (κ3) is 3.34. The van der Waals surface area contributed by atoms with Crippen molar-refractivity contribution in [2.45, 2.75) is 0 Å². The van der Waals surface area contributed by atoms with E-state index in [0.29, 0.717) is 10.6 Å². The quantitative estimate of drug-likeness (QED) is 0.440. The monoisotopic (exact) mass is 337 g/mol. The fourth-order valence-electron chi connectivity index (χ4n) is 2.25. The maximum Gasteiger partial charge on any atom is 0.265 e. The minimum Gasteiger partial charge on any atom is -0.321 e. The van der Waals surface area contributed by atoms with Crippen molar-refractivity contribution in [1.82, 2.24) is 0 Å². The first-order valence-electron chi connectivity index (χ1n) is 7.17. The molecule has 2 aromatic carbocycles. The van der Waals surface area contributed by atoms with Gasteiger partial charge in [-0.3, -0.25) is 9.59 Å². The van der Waals surface area contributed by atoms with Crippen LogP contribution in [-0.2, 0) is 0 Å². The fraction of sp³-hybridized carbons (Fsp3) is 0.0526. The molecule has 118 valence electrons. The zero-order chi connectivity index (χ0) is 16.9. The Morgan fingerprint density at radius 3 is 2.62 bits per heavy atom. The highest BCUT2D eigenvalue weighted by molar-refractivity contribution is 7.20. The molecule has 0 saturated carbocycles. The second kappa shape index (κ2) is 7.07. The third-order valence-electron chi connectivity index (χ3n) is 3.34. The number of anilines is 1. The van der Waals surface area contributed by atoms with Gasteiger partial charge in [-0.1, -0.05) is 36.3 Å². The number of thiophene rings is 1. The Morgan fingerprint density at radius 2 is 1.83 bits per heavy atom. The maximum atomic E-state index is 12.5. The van der Waals surface area contributed by atoms with Crippen LogP contribution in [0.4, 0.5) is 10.1 Å². The van der Waals surface area contributed by atoms with E-state index in [4.69, 9.17) is 0 Å². The molecule has 1 heterocycles. The first-order chi connectivity index (χ1) is 11.7. The van der Waals surface area contributed by atoms with Crippen molar-refractivity contribution in [2.24, 2.45) is 0 Å². The van der Waals surface area contributed by atoms with Crippen molar-refractivity contribution < 1.29 is 14.0 Å². The second-order valence-corrected chi connectivity index (χ2v) is 6.00. The van der Waals surface area contributed by atoms with Crippen LogP contribution in [0.1, 0.15) is 20.0 Å². The maximum absolute atomic E-state index is 12.5. The van der Waals surface area contributed by atoms with E-state index >= 15 is 0 Å². The SMILES string of the molecule is O=C(Nc1ccccc1C(=O)C#CCF)c1cc2ccccc2s1. The van der Waals surface area contributed by atoms with Crippen molar-refractivity contribution in [1.29, 1.82) is 0 Å². The third-order valence-corrected chi connectivity index (χ3v) is 4.45. The molecule has 0 aliphatic heterocycles. The Morgan fingerprint density at radius 1 is 1.08 bits per heavy atom. The van der Waals surface area contributed by atoms with Crippen LogP contribution in [0.15, 0.2) is 54.6 Å². The molecule has 1 N–H and O–H groups in total. The number of carbonyl (C=O) groups excluding carboxylic acids is 2. The number of para-hydroxylation sites is 1. The number of Topliss-reactive ketones (excluding diaryl/α,β-unsaturated/α-hetero) is 1. The van der Waals surface area contributed by atoms with Crippen molar-refractivity contribution in [3.05, 3.63) is 65.0 Å². The average Bonchev–Trinajstić information content (AvgIpc) is 3.04. The van der Waals surface area contributed by atoms with E-state index in [2.05, 4.69) is 17.2 Å². The van der Waals surface area contributed by atoms with Crippen molar-refractivity contribution in [3.63, 3.8) is 0 Å². The van der Waals surface area contributed by atoms with Crippen molar-refractivity contribution >= 4 is 38.8 Å². The Balaban J connectivity index is 1.88. The molecule has 0 aliphatic rings. The van der Waals surface area contributed by atoms with Crippen LogP contribution in [0.25, 0.3) is 10.1 Å². The highest BCUT2D eigenvalue weighted by Crippen LogP contribution is 2.26. The van der Waals surface area contributed by atoms with Gasteiger partial charge >= 0.3 is 0 Å². The minimum atomic E-state index is -0.887. The van der Waals surface area contributed by atoms with Crippen LogP contribution in [0.2, 0.25) is 0 Å². The zero-order valence-electron chi connectivity index (χ0n) is 12.5. The summed E-state index contributed by atoms with van der Waals surface area (Å²) in [4.78, 5) is 25.0. The molecule has 5 heteroatoms. The largest absolute Gasteiger partial charge is 0.321 e. The number of amides is 1. The summed E-state index contributed by atoms with van der Waals surface area (Å²) in [6, 6.07) is 16.1. The van der Waals surface area contributed by atoms with Crippen LogP contribution >= 0.6 is 11.3 Å². The van der Waals surface area contributed by atoms with Gasteiger partial charge in [-0.05, 0) is 35.6 Å². The van der Waals surface area contributed by atoms with E-state index < -0.39 is 12.5 Å². The lowest BCUT2D eigenvalue weighted by Crippen LogP contribution is -2.13. The molecule has 1 aromatic heterocycles. The van der Waals surface area contributed by atoms with Gasteiger partial charge in [0.15, 0.2) is 6.67 Å². The summed E-state index contributed by atoms with van der Waals surface area (Å²) in [7, 11) is 0. The van der Waals surface area contributed by atoms with E-state index in [1.54, 1.807) is 24.3 Å². The molecule has 0 saturated heterocycles. The van der Waals surface area contributed by atoms with Crippen LogP contribution < -0.4 is 5.32 Å². The van der Waals surface area contributed by atoms with Crippen LogP contribution in [0.3, 0.4) is 0 Å². The molecule has 0 unspecified atom stereocenters. The topological polar surface area (TPSA) is 46.2 Å². The number of nitrogens with one attached hydrogen (secondary N) is 1. The van der Waals surface area contributed by atoms with Crippen LogP contribution in [0.5, 0.6) is 0 Å². The van der Waals surface area contributed by atoms with Gasteiger partial charge in [-0.15, -0.1) is 11.3 Å². The predicted octanol–water partition coefficient (Wildman–Crippen LogP) is 4.31. The molecule has 0 fully saturated rings. The molecule has 0 aliphatic carbocycles. The first-order valence-corrected chi connectivity index (χ1v) is 7.99. The summed E-state index contributed by atoms with van der Waals surface area (Å²) < 4.78 is 13.1. The Hall–Kier alpha value is -2.97. The van der Waals surface area contributed by atoms with E-state index in [0.717, 1.165) is 10.1 Å². The van der Waals surface area contributed by atoms with Gasteiger partial charge in [-0.2, -0.15) is 0 Å². The molecule has 1 amide bonds. The summed E-state index contributed by atoms with van der Waals surface area (Å²) in [6.45, 7) is -0.887. The van der Waals surface area contributed by atoms with Gasteiger partial charge in [0.2, 0.25) is 5.78 Å². The second-order valence-electron chi connectivity index (χ2n) is 4.91. The molecular weight excluding hydrogens is 325 g/mol. The molecular formula is C19H12FNO2S. The fourth-order valence-corrected chi connectivity index (χ4v) is 3.21. The summed E-state index contributed by atoms with van der Waals surface area (Å²) in [5, 5.41) is 3.73. The minimum absolute atomic E-state index is 0.243. The summed E-state index contributed by atoms with van der Waals surface area (Å²) in [5.41, 5.74) is 0.603. The highest BCUT2D eigenvalue weighted by atomic mass is 32.1.